The Morgan fingerprint density at radius 3 is 2.64 bits per heavy atom. The zero-order valence-electron chi connectivity index (χ0n) is 13.6. The maximum Gasteiger partial charge on any atom is 0.132 e. The summed E-state index contributed by atoms with van der Waals surface area (Å²) in [7, 11) is 0. The van der Waals surface area contributed by atoms with Gasteiger partial charge in [-0.3, -0.25) is 0 Å². The van der Waals surface area contributed by atoms with Gasteiger partial charge in [-0.05, 0) is 37.1 Å². The van der Waals surface area contributed by atoms with Gasteiger partial charge in [-0.15, -0.1) is 0 Å². The van der Waals surface area contributed by atoms with Crippen LogP contribution in [0, 0.1) is 0 Å². The quantitative estimate of drug-likeness (QED) is 0.893. The molecule has 0 aromatic heterocycles. The number of fused-ring (bicyclic) bond motifs is 3. The first-order valence-corrected chi connectivity index (χ1v) is 7.76. The minimum absolute atomic E-state index is 0.279. The first-order chi connectivity index (χ1) is 10.4. The van der Waals surface area contributed by atoms with Gasteiger partial charge in [0.2, 0.25) is 0 Å². The van der Waals surface area contributed by atoms with Crippen molar-refractivity contribution in [1.29, 1.82) is 0 Å². The molecule has 0 atom stereocenters. The lowest BCUT2D eigenvalue weighted by atomic mass is 9.85. The number of nitrogens with one attached hydrogen (secondary N) is 1. The molecule has 3 rings (SSSR count). The summed E-state index contributed by atoms with van der Waals surface area (Å²) in [6.07, 6.45) is 0. The van der Waals surface area contributed by atoms with E-state index >= 15 is 0 Å². The summed E-state index contributed by atoms with van der Waals surface area (Å²) < 4.78 is 6.19. The molecule has 0 amide bonds. The van der Waals surface area contributed by atoms with Gasteiger partial charge in [-0.2, -0.15) is 0 Å². The predicted octanol–water partition coefficient (Wildman–Crippen LogP) is 4.18. The fourth-order valence-corrected chi connectivity index (χ4v) is 2.99. The third kappa shape index (κ3) is 2.57. The van der Waals surface area contributed by atoms with Gasteiger partial charge in [0.1, 0.15) is 17.1 Å². The summed E-state index contributed by atoms with van der Waals surface area (Å²) in [6.45, 7) is 9.04. The molecule has 116 valence electrons. The molecule has 1 heterocycles. The molecule has 0 aliphatic carbocycles. The van der Waals surface area contributed by atoms with Crippen LogP contribution in [0.25, 0.3) is 11.1 Å². The molecule has 22 heavy (non-hydrogen) atoms. The van der Waals surface area contributed by atoms with Gasteiger partial charge in [0.25, 0.3) is 0 Å². The summed E-state index contributed by atoms with van der Waals surface area (Å²) in [5.41, 5.74) is 3.57. The van der Waals surface area contributed by atoms with E-state index in [0.717, 1.165) is 28.0 Å². The van der Waals surface area contributed by atoms with E-state index in [1.54, 1.807) is 0 Å². The molecule has 0 spiro atoms. The monoisotopic (exact) mass is 297 g/mol. The third-order valence-electron chi connectivity index (χ3n) is 4.07. The van der Waals surface area contributed by atoms with Crippen LogP contribution in [-0.4, -0.2) is 11.1 Å². The number of rotatable bonds is 3. The van der Waals surface area contributed by atoms with Crippen LogP contribution in [0.2, 0.25) is 0 Å². The molecule has 2 N–H and O–H groups in total. The zero-order valence-corrected chi connectivity index (χ0v) is 13.6. The van der Waals surface area contributed by atoms with Gasteiger partial charge in [0.05, 0.1) is 5.56 Å². The maximum absolute atomic E-state index is 10.5. The lowest BCUT2D eigenvalue weighted by Crippen LogP contribution is -2.29. The summed E-state index contributed by atoms with van der Waals surface area (Å²) in [5, 5.41) is 13.9. The Hall–Kier alpha value is -2.00. The number of hydrogen-bond acceptors (Lipinski definition) is 3. The number of phenolic OH excluding ortho intramolecular Hbond substituents is 1. The molecule has 1 aliphatic rings. The van der Waals surface area contributed by atoms with E-state index in [4.69, 9.17) is 4.74 Å². The molecule has 0 unspecified atom stereocenters. The smallest absolute Gasteiger partial charge is 0.132 e. The lowest BCUT2D eigenvalue weighted by Gasteiger charge is -2.35. The number of phenols is 1. The number of ether oxygens (including phenoxy) is 1. The molecule has 0 bridgehead atoms. The number of benzene rings is 2. The Balaban J connectivity index is 2.09. The normalized spacial score (nSPS) is 15.1. The highest BCUT2D eigenvalue weighted by molar-refractivity contribution is 5.81. The second-order valence-electron chi connectivity index (χ2n) is 6.68. The first kappa shape index (κ1) is 14.9. The zero-order chi connectivity index (χ0) is 15.9. The van der Waals surface area contributed by atoms with Crippen LogP contribution in [0.15, 0.2) is 36.4 Å². The Morgan fingerprint density at radius 1 is 1.18 bits per heavy atom. The minimum atomic E-state index is -0.403. The van der Waals surface area contributed by atoms with Gasteiger partial charge in [-0.1, -0.05) is 38.1 Å². The molecular weight excluding hydrogens is 274 g/mol. The highest BCUT2D eigenvalue weighted by atomic mass is 16.5. The van der Waals surface area contributed by atoms with Gasteiger partial charge >= 0.3 is 0 Å². The lowest BCUT2D eigenvalue weighted by molar-refractivity contribution is 0.105. The molecule has 1 aliphatic heterocycles. The Labute approximate surface area is 131 Å². The topological polar surface area (TPSA) is 41.5 Å². The molecule has 3 heteroatoms. The van der Waals surface area contributed by atoms with Crippen LogP contribution in [0.3, 0.4) is 0 Å². The Kier molecular flexibility index (Phi) is 3.61. The summed E-state index contributed by atoms with van der Waals surface area (Å²) in [5.74, 6) is 1.03. The maximum atomic E-state index is 10.5. The summed E-state index contributed by atoms with van der Waals surface area (Å²) in [4.78, 5) is 0. The van der Waals surface area contributed by atoms with Crippen molar-refractivity contribution in [3.63, 3.8) is 0 Å². The minimum Gasteiger partial charge on any atom is -0.507 e. The number of aromatic hydroxyl groups is 1. The van der Waals surface area contributed by atoms with E-state index in [0.29, 0.717) is 12.6 Å². The highest BCUT2D eigenvalue weighted by Crippen LogP contribution is 2.49. The van der Waals surface area contributed by atoms with E-state index in [-0.39, 0.29) is 5.75 Å². The van der Waals surface area contributed by atoms with Crippen molar-refractivity contribution < 1.29 is 9.84 Å². The Bertz CT molecular complexity index is 705. The van der Waals surface area contributed by atoms with Crippen molar-refractivity contribution in [3.05, 3.63) is 47.5 Å². The van der Waals surface area contributed by atoms with Crippen LogP contribution < -0.4 is 10.1 Å². The molecule has 0 saturated heterocycles. The van der Waals surface area contributed by atoms with Crippen molar-refractivity contribution in [2.75, 3.05) is 0 Å². The molecule has 0 fully saturated rings. The van der Waals surface area contributed by atoms with Crippen molar-refractivity contribution in [2.24, 2.45) is 0 Å². The van der Waals surface area contributed by atoms with E-state index < -0.39 is 5.60 Å². The number of hydrogen-bond donors (Lipinski definition) is 2. The predicted molar refractivity (Wildman–Crippen MR) is 89.2 cm³/mol. The largest absolute Gasteiger partial charge is 0.507 e. The Morgan fingerprint density at radius 2 is 1.91 bits per heavy atom. The molecule has 2 aromatic rings. The van der Waals surface area contributed by atoms with Crippen molar-refractivity contribution in [3.8, 4) is 22.6 Å². The molecule has 3 nitrogen and oxygen atoms in total. The molecule has 0 saturated carbocycles. The molecular formula is C19H23NO2. The average Bonchev–Trinajstić information content (AvgIpc) is 2.44. The van der Waals surface area contributed by atoms with Crippen molar-refractivity contribution >= 4 is 0 Å². The van der Waals surface area contributed by atoms with Gasteiger partial charge in [0, 0.05) is 18.2 Å². The van der Waals surface area contributed by atoms with Crippen LogP contribution in [-0.2, 0) is 12.1 Å². The van der Waals surface area contributed by atoms with Crippen LogP contribution in [0.5, 0.6) is 11.5 Å². The summed E-state index contributed by atoms with van der Waals surface area (Å²) in [6, 6.07) is 12.4. The van der Waals surface area contributed by atoms with E-state index in [1.165, 1.54) is 0 Å². The molecule has 2 aromatic carbocycles. The van der Waals surface area contributed by atoms with Crippen molar-refractivity contribution in [2.45, 2.75) is 45.9 Å². The second kappa shape index (κ2) is 5.33. The van der Waals surface area contributed by atoms with Crippen LogP contribution >= 0.6 is 0 Å². The van der Waals surface area contributed by atoms with Gasteiger partial charge < -0.3 is 15.2 Å². The fourth-order valence-electron chi connectivity index (χ4n) is 2.99. The fraction of sp³-hybridized carbons (Fsp3) is 0.368. The molecule has 0 radical (unpaired) electrons. The second-order valence-corrected chi connectivity index (χ2v) is 6.68. The van der Waals surface area contributed by atoms with E-state index in [1.807, 2.05) is 30.3 Å². The van der Waals surface area contributed by atoms with Crippen molar-refractivity contribution in [1.82, 2.24) is 5.32 Å². The summed E-state index contributed by atoms with van der Waals surface area (Å²) >= 11 is 0. The SMILES string of the molecule is CC(C)NCc1cc(O)c2c(c1)OC(C)(C)c1ccccc1-2. The van der Waals surface area contributed by atoms with Crippen LogP contribution in [0.4, 0.5) is 0 Å². The van der Waals surface area contributed by atoms with Gasteiger partial charge in [0.15, 0.2) is 0 Å². The third-order valence-corrected chi connectivity index (χ3v) is 4.07. The average molecular weight is 297 g/mol. The van der Waals surface area contributed by atoms with E-state index in [2.05, 4.69) is 39.1 Å². The standard InChI is InChI=1S/C19H23NO2/c1-12(2)20-11-13-9-16(21)18-14-7-5-6-8-15(14)19(3,4)22-17(18)10-13/h5-10,12,20-21H,11H2,1-4H3. The first-order valence-electron chi connectivity index (χ1n) is 7.76. The van der Waals surface area contributed by atoms with Crippen LogP contribution in [0.1, 0.15) is 38.8 Å². The highest BCUT2D eigenvalue weighted by Gasteiger charge is 2.33. The van der Waals surface area contributed by atoms with E-state index in [9.17, 15) is 5.11 Å². The van der Waals surface area contributed by atoms with Gasteiger partial charge in [-0.25, -0.2) is 0 Å².